The molecule has 0 saturated carbocycles. The van der Waals surface area contributed by atoms with Crippen molar-refractivity contribution < 1.29 is 0 Å². The second-order valence-electron chi connectivity index (χ2n) is 6.80. The topological polar surface area (TPSA) is 24.1 Å². The van der Waals surface area contributed by atoms with Gasteiger partial charge in [-0.2, -0.15) is 0 Å². The molecule has 2 heteroatoms. The Hall–Kier alpha value is -1.64. The molecule has 0 aliphatic carbocycles. The van der Waals surface area contributed by atoms with Gasteiger partial charge in [0.25, 0.3) is 0 Å². The molecule has 0 saturated heterocycles. The number of rotatable bonds is 11. The number of nitrogens with one attached hydrogen (secondary N) is 2. The van der Waals surface area contributed by atoms with Crippen molar-refractivity contribution in [3.05, 3.63) is 71.8 Å². The van der Waals surface area contributed by atoms with E-state index in [0.29, 0.717) is 12.1 Å². The van der Waals surface area contributed by atoms with Gasteiger partial charge in [-0.05, 0) is 63.7 Å². The largest absolute Gasteiger partial charge is 0.314 e. The zero-order chi connectivity index (χ0) is 17.0. The molecule has 0 spiro atoms. The summed E-state index contributed by atoms with van der Waals surface area (Å²) in [7, 11) is 0. The first-order chi connectivity index (χ1) is 11.7. The van der Waals surface area contributed by atoms with E-state index in [1.807, 2.05) is 0 Å². The third kappa shape index (κ3) is 7.76. The van der Waals surface area contributed by atoms with Gasteiger partial charge in [-0.25, -0.2) is 0 Å². The summed E-state index contributed by atoms with van der Waals surface area (Å²) >= 11 is 0. The summed E-state index contributed by atoms with van der Waals surface area (Å²) < 4.78 is 0. The molecule has 0 unspecified atom stereocenters. The van der Waals surface area contributed by atoms with Gasteiger partial charge in [-0.1, -0.05) is 60.7 Å². The first kappa shape index (κ1) is 18.7. The molecule has 2 aromatic rings. The van der Waals surface area contributed by atoms with Gasteiger partial charge in [0.1, 0.15) is 0 Å². The van der Waals surface area contributed by atoms with Crippen molar-refractivity contribution in [1.29, 1.82) is 0 Å². The fraction of sp³-hybridized carbons (Fsp3) is 0.455. The van der Waals surface area contributed by atoms with Crippen LogP contribution in [0, 0.1) is 0 Å². The predicted molar refractivity (Wildman–Crippen MR) is 104 cm³/mol. The fourth-order valence-corrected chi connectivity index (χ4v) is 3.03. The summed E-state index contributed by atoms with van der Waals surface area (Å²) in [5.41, 5.74) is 2.82. The van der Waals surface area contributed by atoms with E-state index in [1.54, 1.807) is 0 Å². The Bertz CT molecular complexity index is 487. The summed E-state index contributed by atoms with van der Waals surface area (Å²) in [4.78, 5) is 0. The molecule has 0 aliphatic heterocycles. The Morgan fingerprint density at radius 1 is 0.625 bits per heavy atom. The zero-order valence-electron chi connectivity index (χ0n) is 15.2. The normalized spacial score (nSPS) is 13.6. The van der Waals surface area contributed by atoms with Crippen LogP contribution in [-0.4, -0.2) is 25.2 Å². The summed E-state index contributed by atoms with van der Waals surface area (Å²) in [6, 6.07) is 22.5. The lowest BCUT2D eigenvalue weighted by atomic mass is 10.1. The molecule has 0 bridgehead atoms. The van der Waals surface area contributed by atoms with Crippen molar-refractivity contribution in [3.63, 3.8) is 0 Å². The molecule has 2 N–H and O–H groups in total. The summed E-state index contributed by atoms with van der Waals surface area (Å²) in [6.07, 6.45) is 4.66. The Balaban J connectivity index is 1.49. The smallest absolute Gasteiger partial charge is 0.00791 e. The van der Waals surface area contributed by atoms with Gasteiger partial charge in [0.05, 0.1) is 0 Å². The second-order valence-corrected chi connectivity index (χ2v) is 6.80. The van der Waals surface area contributed by atoms with E-state index in [1.165, 1.54) is 24.0 Å². The van der Waals surface area contributed by atoms with Gasteiger partial charge in [0.2, 0.25) is 0 Å². The summed E-state index contributed by atoms with van der Waals surface area (Å²) in [5, 5.41) is 7.26. The minimum atomic E-state index is 0.539. The molecule has 2 atom stereocenters. The Morgan fingerprint density at radius 2 is 1.00 bits per heavy atom. The highest BCUT2D eigenvalue weighted by molar-refractivity contribution is 5.16. The first-order valence-electron chi connectivity index (χ1n) is 9.28. The van der Waals surface area contributed by atoms with E-state index in [4.69, 9.17) is 0 Å². The van der Waals surface area contributed by atoms with Crippen molar-refractivity contribution in [2.24, 2.45) is 0 Å². The lowest BCUT2D eigenvalue weighted by Gasteiger charge is -2.15. The molecule has 130 valence electrons. The van der Waals surface area contributed by atoms with E-state index in [9.17, 15) is 0 Å². The van der Waals surface area contributed by atoms with Crippen LogP contribution in [0.1, 0.15) is 37.8 Å². The molecule has 24 heavy (non-hydrogen) atoms. The lowest BCUT2D eigenvalue weighted by Crippen LogP contribution is -2.31. The number of hydrogen-bond donors (Lipinski definition) is 2. The molecule has 0 aromatic heterocycles. The third-order valence-electron chi connectivity index (χ3n) is 4.36. The lowest BCUT2D eigenvalue weighted by molar-refractivity contribution is 0.492. The molecule has 0 amide bonds. The average Bonchev–Trinajstić information content (AvgIpc) is 2.60. The maximum absolute atomic E-state index is 3.63. The molecule has 2 aromatic carbocycles. The second kappa shape index (κ2) is 11.0. The maximum Gasteiger partial charge on any atom is 0.00791 e. The van der Waals surface area contributed by atoms with Crippen molar-refractivity contribution in [2.75, 3.05) is 13.1 Å². The number of benzene rings is 2. The van der Waals surface area contributed by atoms with Crippen LogP contribution in [0.3, 0.4) is 0 Å². The molecule has 2 rings (SSSR count). The summed E-state index contributed by atoms with van der Waals surface area (Å²) in [6.45, 7) is 6.74. The van der Waals surface area contributed by atoms with Crippen molar-refractivity contribution in [2.45, 2.75) is 51.6 Å². The predicted octanol–water partition coefficient (Wildman–Crippen LogP) is 4.21. The van der Waals surface area contributed by atoms with Gasteiger partial charge in [0, 0.05) is 12.1 Å². The van der Waals surface area contributed by atoms with Crippen molar-refractivity contribution in [3.8, 4) is 0 Å². The zero-order valence-corrected chi connectivity index (χ0v) is 15.2. The Labute approximate surface area is 147 Å². The van der Waals surface area contributed by atoms with E-state index in [-0.39, 0.29) is 0 Å². The highest BCUT2D eigenvalue weighted by Gasteiger charge is 2.03. The van der Waals surface area contributed by atoms with Crippen LogP contribution in [0.4, 0.5) is 0 Å². The van der Waals surface area contributed by atoms with E-state index < -0.39 is 0 Å². The first-order valence-corrected chi connectivity index (χ1v) is 9.28. The quantitative estimate of drug-likeness (QED) is 0.605. The van der Waals surface area contributed by atoms with E-state index >= 15 is 0 Å². The molecule has 0 fully saturated rings. The standard InChI is InChI=1S/C22H32N2/c1-19(17-21-11-5-3-6-12-21)23-15-9-10-16-24-20(2)18-22-13-7-4-8-14-22/h3-8,11-14,19-20,23-24H,9-10,15-18H2,1-2H3/t19-,20+. The maximum atomic E-state index is 3.63. The number of unbranched alkanes of at least 4 members (excludes halogenated alkanes) is 1. The minimum absolute atomic E-state index is 0.539. The molecule has 0 heterocycles. The van der Waals surface area contributed by atoms with Crippen LogP contribution >= 0.6 is 0 Å². The van der Waals surface area contributed by atoms with Gasteiger partial charge < -0.3 is 10.6 Å². The van der Waals surface area contributed by atoms with Crippen LogP contribution < -0.4 is 10.6 Å². The third-order valence-corrected chi connectivity index (χ3v) is 4.36. The van der Waals surface area contributed by atoms with Crippen LogP contribution in [-0.2, 0) is 12.8 Å². The highest BCUT2D eigenvalue weighted by atomic mass is 14.9. The summed E-state index contributed by atoms with van der Waals surface area (Å²) in [5.74, 6) is 0. The monoisotopic (exact) mass is 324 g/mol. The molecule has 0 aliphatic rings. The Morgan fingerprint density at radius 3 is 1.38 bits per heavy atom. The van der Waals surface area contributed by atoms with Gasteiger partial charge in [0.15, 0.2) is 0 Å². The number of hydrogen-bond acceptors (Lipinski definition) is 2. The molecular formula is C22H32N2. The van der Waals surface area contributed by atoms with Crippen molar-refractivity contribution >= 4 is 0 Å². The Kier molecular flexibility index (Phi) is 8.58. The SMILES string of the molecule is C[C@H](Cc1ccccc1)NCCCCN[C@@H](C)Cc1ccccc1. The highest BCUT2D eigenvalue weighted by Crippen LogP contribution is 2.04. The van der Waals surface area contributed by atoms with Gasteiger partial charge >= 0.3 is 0 Å². The minimum Gasteiger partial charge on any atom is -0.314 e. The molecule has 2 nitrogen and oxygen atoms in total. The van der Waals surface area contributed by atoms with Crippen molar-refractivity contribution in [1.82, 2.24) is 10.6 Å². The van der Waals surface area contributed by atoms with Gasteiger partial charge in [-0.15, -0.1) is 0 Å². The molecular weight excluding hydrogens is 292 g/mol. The fourth-order valence-electron chi connectivity index (χ4n) is 3.03. The average molecular weight is 325 g/mol. The van der Waals surface area contributed by atoms with Crippen LogP contribution in [0.25, 0.3) is 0 Å². The van der Waals surface area contributed by atoms with E-state index in [0.717, 1.165) is 25.9 Å². The van der Waals surface area contributed by atoms with Crippen LogP contribution in [0.2, 0.25) is 0 Å². The molecule has 0 radical (unpaired) electrons. The van der Waals surface area contributed by atoms with E-state index in [2.05, 4.69) is 85.1 Å². The van der Waals surface area contributed by atoms with Gasteiger partial charge in [-0.3, -0.25) is 0 Å². The van der Waals surface area contributed by atoms with Crippen LogP contribution in [0.5, 0.6) is 0 Å². The van der Waals surface area contributed by atoms with Crippen LogP contribution in [0.15, 0.2) is 60.7 Å².